The molecule has 0 spiro atoms. The number of nitrogens with zero attached hydrogens (tertiary/aromatic N) is 2. The minimum Gasteiger partial charge on any atom is -0.376 e. The maximum absolute atomic E-state index is 2.67. The van der Waals surface area contributed by atoms with E-state index in [1.807, 2.05) is 11.3 Å². The number of fused-ring (bicyclic) bond motifs is 9. The molecule has 11 rings (SSSR count). The lowest BCUT2D eigenvalue weighted by molar-refractivity contribution is 0.590. The van der Waals surface area contributed by atoms with Crippen LogP contribution < -0.4 is 20.6 Å². The van der Waals surface area contributed by atoms with Crippen molar-refractivity contribution < 1.29 is 0 Å². The number of benzene rings is 8. The van der Waals surface area contributed by atoms with Crippen LogP contribution in [0.4, 0.5) is 28.4 Å². The predicted molar refractivity (Wildman–Crippen MR) is 272 cm³/mol. The van der Waals surface area contributed by atoms with E-state index in [-0.39, 0.29) is 23.1 Å². The largest absolute Gasteiger partial charge is 0.376 e. The molecule has 0 N–H and O–H groups in total. The van der Waals surface area contributed by atoms with Crippen LogP contribution >= 0.6 is 11.3 Å². The Kier molecular flexibility index (Phi) is 8.57. The Hall–Kier alpha value is -6.10. The number of hydrogen-bond donors (Lipinski definition) is 0. The molecule has 1 aromatic heterocycles. The highest BCUT2D eigenvalue weighted by atomic mass is 32.1. The van der Waals surface area contributed by atoms with Crippen LogP contribution in [-0.4, -0.2) is 6.85 Å². The molecular formula is C58H53BN2S. The lowest BCUT2D eigenvalue weighted by Crippen LogP contribution is -2.61. The molecule has 0 radical (unpaired) electrons. The van der Waals surface area contributed by atoms with Gasteiger partial charge in [-0.15, -0.1) is 11.3 Å². The van der Waals surface area contributed by atoms with Gasteiger partial charge >= 0.3 is 6.85 Å². The smallest absolute Gasteiger partial charge is 0.333 e. The summed E-state index contributed by atoms with van der Waals surface area (Å²) in [6.45, 7) is 20.8. The fourth-order valence-corrected chi connectivity index (χ4v) is 11.2. The highest BCUT2D eigenvalue weighted by molar-refractivity contribution is 7.26. The zero-order chi connectivity index (χ0) is 42.9. The van der Waals surface area contributed by atoms with Crippen molar-refractivity contribution in [3.63, 3.8) is 0 Å². The van der Waals surface area contributed by atoms with Gasteiger partial charge in [0, 0.05) is 54.0 Å². The van der Waals surface area contributed by atoms with E-state index in [4.69, 9.17) is 0 Å². The summed E-state index contributed by atoms with van der Waals surface area (Å²) in [5, 5.41) is 5.18. The molecule has 0 fully saturated rings. The van der Waals surface area contributed by atoms with Gasteiger partial charge in [-0.05, 0) is 120 Å². The van der Waals surface area contributed by atoms with Crippen LogP contribution in [0.3, 0.4) is 0 Å². The van der Waals surface area contributed by atoms with Gasteiger partial charge in [0.15, 0.2) is 0 Å². The first-order valence-corrected chi connectivity index (χ1v) is 23.0. The van der Waals surface area contributed by atoms with Gasteiger partial charge < -0.3 is 9.71 Å². The molecule has 0 unspecified atom stereocenters. The van der Waals surface area contributed by atoms with E-state index in [0.29, 0.717) is 0 Å². The minimum absolute atomic E-state index is 0.0180. The van der Waals surface area contributed by atoms with Crippen molar-refractivity contribution in [2.45, 2.75) is 78.6 Å². The number of rotatable bonds is 3. The Balaban J connectivity index is 1.31. The summed E-state index contributed by atoms with van der Waals surface area (Å²) in [4.78, 5) is 5.31. The third-order valence-corrected chi connectivity index (χ3v) is 14.6. The minimum atomic E-state index is -0.0959. The Labute approximate surface area is 371 Å². The normalized spacial score (nSPS) is 13.8. The summed E-state index contributed by atoms with van der Waals surface area (Å²) >= 11 is 1.90. The lowest BCUT2D eigenvalue weighted by Gasteiger charge is -2.46. The van der Waals surface area contributed by atoms with E-state index in [9.17, 15) is 0 Å². The molecule has 0 aliphatic carbocycles. The maximum atomic E-state index is 2.67. The molecule has 3 heterocycles. The van der Waals surface area contributed by atoms with Crippen LogP contribution in [0.15, 0.2) is 158 Å². The second-order valence-corrected chi connectivity index (χ2v) is 21.7. The quantitative estimate of drug-likeness (QED) is 0.164. The number of thiophene rings is 1. The third kappa shape index (κ3) is 6.05. The topological polar surface area (TPSA) is 6.48 Å². The van der Waals surface area contributed by atoms with Crippen LogP contribution in [0, 0.1) is 0 Å². The molecule has 0 atom stereocenters. The Bertz CT molecular complexity index is 3250. The highest BCUT2D eigenvalue weighted by Gasteiger charge is 2.46. The van der Waals surface area contributed by atoms with E-state index in [2.05, 4.69) is 230 Å². The second-order valence-electron chi connectivity index (χ2n) is 20.6. The van der Waals surface area contributed by atoms with Gasteiger partial charge in [0.1, 0.15) is 0 Å². The SMILES string of the molecule is CC(C)(C)c1ccc(N2B3c4cc5c(cc4N(c4ccc(C(C)(C)C)cc4-c4ccccc4)c4cc6ccccc6c(c43)-c3cc(C(C)(C)C)ccc32)sc2ccccc25)cc1. The van der Waals surface area contributed by atoms with E-state index < -0.39 is 0 Å². The van der Waals surface area contributed by atoms with Crippen LogP contribution in [0.1, 0.15) is 79.0 Å². The van der Waals surface area contributed by atoms with E-state index in [1.165, 1.54) is 109 Å². The van der Waals surface area contributed by atoms with Gasteiger partial charge in [0.25, 0.3) is 0 Å². The summed E-state index contributed by atoms with van der Waals surface area (Å²) in [5.74, 6) is 0. The first kappa shape index (κ1) is 38.8. The van der Waals surface area contributed by atoms with Crippen LogP contribution in [-0.2, 0) is 16.2 Å². The molecule has 2 aliphatic rings. The molecule has 2 nitrogen and oxygen atoms in total. The van der Waals surface area contributed by atoms with Gasteiger partial charge in [-0.25, -0.2) is 0 Å². The average molecular weight is 821 g/mol. The van der Waals surface area contributed by atoms with Crippen molar-refractivity contribution in [2.24, 2.45) is 0 Å². The zero-order valence-electron chi connectivity index (χ0n) is 37.4. The molecule has 0 saturated heterocycles. The Morgan fingerprint density at radius 3 is 1.73 bits per heavy atom. The van der Waals surface area contributed by atoms with E-state index in [0.717, 1.165) is 0 Å². The van der Waals surface area contributed by atoms with E-state index in [1.54, 1.807) is 0 Å². The molecule has 0 saturated carbocycles. The fraction of sp³-hybridized carbons (Fsp3) is 0.207. The Morgan fingerprint density at radius 1 is 0.435 bits per heavy atom. The summed E-state index contributed by atoms with van der Waals surface area (Å²) < 4.78 is 2.62. The summed E-state index contributed by atoms with van der Waals surface area (Å²) in [5.41, 5.74) is 17.9. The van der Waals surface area contributed by atoms with Crippen LogP contribution in [0.2, 0.25) is 0 Å². The van der Waals surface area contributed by atoms with Crippen LogP contribution in [0.25, 0.3) is 53.2 Å². The van der Waals surface area contributed by atoms with Gasteiger partial charge in [-0.2, -0.15) is 0 Å². The molecular weight excluding hydrogens is 768 g/mol. The maximum Gasteiger partial charge on any atom is 0.333 e. The van der Waals surface area contributed by atoms with Crippen LogP contribution in [0.5, 0.6) is 0 Å². The standard InChI is InChI=1S/C58H53BN2S/c1-56(2,3)38-23-27-41(28-24-38)61-49-30-26-40(58(7,8)9)33-46(49)54-42-20-14-13-19-37(42)31-51-55(54)59(61)47-34-45-43-21-15-16-22-52(43)62-53(45)35-50(47)60(51)48-29-25-39(57(4,5)6)32-44(48)36-17-11-10-12-18-36/h10-35H,1-9H3. The van der Waals surface area contributed by atoms with Crippen molar-refractivity contribution in [3.8, 4) is 22.3 Å². The van der Waals surface area contributed by atoms with Crippen molar-refractivity contribution >= 4 is 88.5 Å². The fourth-order valence-electron chi connectivity index (χ4n) is 10.1. The summed E-state index contributed by atoms with van der Waals surface area (Å²) in [7, 11) is 0. The first-order valence-electron chi connectivity index (χ1n) is 22.2. The summed E-state index contributed by atoms with van der Waals surface area (Å²) in [6.07, 6.45) is 0. The van der Waals surface area contributed by atoms with E-state index >= 15 is 0 Å². The molecule has 0 amide bonds. The van der Waals surface area contributed by atoms with Gasteiger partial charge in [-0.3, -0.25) is 0 Å². The number of anilines is 5. The summed E-state index contributed by atoms with van der Waals surface area (Å²) in [6, 6.07) is 60.6. The average Bonchev–Trinajstić information content (AvgIpc) is 3.62. The van der Waals surface area contributed by atoms with Crippen molar-refractivity contribution in [1.82, 2.24) is 0 Å². The monoisotopic (exact) mass is 820 g/mol. The molecule has 4 heteroatoms. The first-order chi connectivity index (χ1) is 29.6. The zero-order valence-corrected chi connectivity index (χ0v) is 38.2. The van der Waals surface area contributed by atoms with Gasteiger partial charge in [-0.1, -0.05) is 165 Å². The Morgan fingerprint density at radius 2 is 1.03 bits per heavy atom. The van der Waals surface area contributed by atoms with Crippen molar-refractivity contribution in [2.75, 3.05) is 9.71 Å². The van der Waals surface area contributed by atoms with Gasteiger partial charge in [0.05, 0.1) is 5.69 Å². The molecule has 9 aromatic rings. The van der Waals surface area contributed by atoms with Crippen molar-refractivity contribution in [3.05, 3.63) is 174 Å². The number of hydrogen-bond acceptors (Lipinski definition) is 3. The molecule has 304 valence electrons. The van der Waals surface area contributed by atoms with Crippen molar-refractivity contribution in [1.29, 1.82) is 0 Å². The molecule has 0 bridgehead atoms. The second kappa shape index (κ2) is 13.7. The molecule has 8 aromatic carbocycles. The lowest BCUT2D eigenvalue weighted by atomic mass is 9.43. The van der Waals surface area contributed by atoms with Gasteiger partial charge in [0.2, 0.25) is 0 Å². The molecule has 2 aliphatic heterocycles. The molecule has 62 heavy (non-hydrogen) atoms. The predicted octanol–water partition coefficient (Wildman–Crippen LogP) is 15.5. The highest BCUT2D eigenvalue weighted by Crippen LogP contribution is 2.52. The third-order valence-electron chi connectivity index (χ3n) is 13.5.